The van der Waals surface area contributed by atoms with Crippen molar-refractivity contribution in [2.75, 3.05) is 13.2 Å². The highest BCUT2D eigenvalue weighted by atomic mass is 79.9. The molecule has 0 saturated carbocycles. The number of hydrogen-bond acceptors (Lipinski definition) is 2. The highest BCUT2D eigenvalue weighted by molar-refractivity contribution is 9.10. The Morgan fingerprint density at radius 1 is 1.18 bits per heavy atom. The lowest BCUT2D eigenvalue weighted by atomic mass is 10.1. The normalized spacial score (nSPS) is 10.3. The van der Waals surface area contributed by atoms with Crippen LogP contribution < -0.4 is 10.1 Å². The minimum Gasteiger partial charge on any atom is -0.494 e. The molecule has 0 aliphatic rings. The summed E-state index contributed by atoms with van der Waals surface area (Å²) >= 11 is 3.38. The smallest absolute Gasteiger partial charge is 0.224 e. The van der Waals surface area contributed by atoms with Gasteiger partial charge >= 0.3 is 0 Å². The van der Waals surface area contributed by atoms with Gasteiger partial charge in [-0.25, -0.2) is 0 Å². The van der Waals surface area contributed by atoms with E-state index in [9.17, 15) is 4.79 Å². The number of ether oxygens (including phenoxy) is 1. The average Bonchev–Trinajstić information content (AvgIpc) is 2.49. The van der Waals surface area contributed by atoms with Crippen LogP contribution in [0.3, 0.4) is 0 Å². The van der Waals surface area contributed by atoms with Crippen molar-refractivity contribution in [1.29, 1.82) is 0 Å². The molecular formula is C18H20BrNO2. The van der Waals surface area contributed by atoms with Crippen LogP contribution in [0.1, 0.15) is 17.5 Å². The van der Waals surface area contributed by atoms with E-state index in [2.05, 4.69) is 21.2 Å². The number of carbonyl (C=O) groups excluding carboxylic acids is 1. The zero-order chi connectivity index (χ0) is 15.8. The van der Waals surface area contributed by atoms with Crippen molar-refractivity contribution in [3.8, 4) is 5.75 Å². The molecule has 0 spiro atoms. The van der Waals surface area contributed by atoms with Gasteiger partial charge in [0.2, 0.25) is 5.91 Å². The second-order valence-corrected chi connectivity index (χ2v) is 6.09. The Balaban J connectivity index is 1.62. The number of amides is 1. The van der Waals surface area contributed by atoms with Gasteiger partial charge in [-0.1, -0.05) is 40.2 Å². The number of nitrogens with one attached hydrogen (secondary N) is 1. The Kier molecular flexibility index (Phi) is 6.46. The second-order valence-electron chi connectivity index (χ2n) is 5.17. The Bertz CT molecular complexity index is 611. The van der Waals surface area contributed by atoms with Crippen LogP contribution in [0.25, 0.3) is 0 Å². The van der Waals surface area contributed by atoms with Gasteiger partial charge in [0.05, 0.1) is 13.0 Å². The highest BCUT2D eigenvalue weighted by Gasteiger charge is 2.02. The Hall–Kier alpha value is -1.81. The Morgan fingerprint density at radius 2 is 1.95 bits per heavy atom. The van der Waals surface area contributed by atoms with E-state index in [1.165, 1.54) is 5.56 Å². The number of benzene rings is 2. The molecule has 0 bridgehead atoms. The third-order valence-corrected chi connectivity index (χ3v) is 3.71. The highest BCUT2D eigenvalue weighted by Crippen LogP contribution is 2.12. The summed E-state index contributed by atoms with van der Waals surface area (Å²) < 4.78 is 6.66. The van der Waals surface area contributed by atoms with Gasteiger partial charge in [-0.05, 0) is 48.7 Å². The summed E-state index contributed by atoms with van der Waals surface area (Å²) in [4.78, 5) is 11.8. The third kappa shape index (κ3) is 5.90. The fourth-order valence-corrected chi connectivity index (χ4v) is 2.31. The molecule has 1 amide bonds. The lowest BCUT2D eigenvalue weighted by Crippen LogP contribution is -2.27. The topological polar surface area (TPSA) is 38.3 Å². The summed E-state index contributed by atoms with van der Waals surface area (Å²) in [5.41, 5.74) is 2.19. The molecule has 116 valence electrons. The van der Waals surface area contributed by atoms with Gasteiger partial charge in [-0.15, -0.1) is 0 Å². The molecule has 1 N–H and O–H groups in total. The fraction of sp³-hybridized carbons (Fsp3) is 0.278. The maximum absolute atomic E-state index is 11.8. The van der Waals surface area contributed by atoms with E-state index < -0.39 is 0 Å². The molecule has 0 aliphatic heterocycles. The number of carbonyl (C=O) groups is 1. The summed E-state index contributed by atoms with van der Waals surface area (Å²) in [6, 6.07) is 15.7. The van der Waals surface area contributed by atoms with Crippen LogP contribution in [0.2, 0.25) is 0 Å². The average molecular weight is 362 g/mol. The van der Waals surface area contributed by atoms with Crippen molar-refractivity contribution in [2.24, 2.45) is 0 Å². The molecule has 2 aromatic rings. The predicted octanol–water partition coefficient (Wildman–Crippen LogP) is 3.89. The van der Waals surface area contributed by atoms with Crippen LogP contribution in [-0.2, 0) is 11.2 Å². The first-order chi connectivity index (χ1) is 10.6. The molecule has 0 fully saturated rings. The molecular weight excluding hydrogens is 342 g/mol. The van der Waals surface area contributed by atoms with E-state index in [-0.39, 0.29) is 5.91 Å². The number of rotatable bonds is 7. The van der Waals surface area contributed by atoms with E-state index >= 15 is 0 Å². The number of hydrogen-bond donors (Lipinski definition) is 1. The molecule has 0 saturated heterocycles. The van der Waals surface area contributed by atoms with E-state index in [0.717, 1.165) is 22.2 Å². The van der Waals surface area contributed by atoms with Crippen LogP contribution in [0.15, 0.2) is 53.0 Å². The van der Waals surface area contributed by atoms with Crippen molar-refractivity contribution in [3.05, 3.63) is 64.1 Å². The first kappa shape index (κ1) is 16.6. The number of halogens is 1. The summed E-state index contributed by atoms with van der Waals surface area (Å²) in [5.74, 6) is 0.916. The molecule has 2 rings (SSSR count). The quantitative estimate of drug-likeness (QED) is 0.759. The van der Waals surface area contributed by atoms with E-state index in [0.29, 0.717) is 19.6 Å². The van der Waals surface area contributed by atoms with Gasteiger partial charge in [-0.3, -0.25) is 4.79 Å². The molecule has 0 atom stereocenters. The second kappa shape index (κ2) is 8.59. The SMILES string of the molecule is Cc1cccc(OCCCNC(=O)Cc2ccc(Br)cc2)c1. The first-order valence-electron chi connectivity index (χ1n) is 7.34. The standard InChI is InChI=1S/C18H20BrNO2/c1-14-4-2-5-17(12-14)22-11-3-10-20-18(21)13-15-6-8-16(19)9-7-15/h2,4-9,12H,3,10-11,13H2,1H3,(H,20,21). The van der Waals surface area contributed by atoms with E-state index in [4.69, 9.17) is 4.74 Å². The van der Waals surface area contributed by atoms with E-state index in [1.54, 1.807) is 0 Å². The monoisotopic (exact) mass is 361 g/mol. The molecule has 0 aliphatic carbocycles. The van der Waals surface area contributed by atoms with Crippen LogP contribution in [-0.4, -0.2) is 19.1 Å². The molecule has 0 unspecified atom stereocenters. The van der Waals surface area contributed by atoms with Crippen molar-refractivity contribution < 1.29 is 9.53 Å². The lowest BCUT2D eigenvalue weighted by Gasteiger charge is -2.08. The van der Waals surface area contributed by atoms with Crippen LogP contribution in [0.5, 0.6) is 5.75 Å². The minimum absolute atomic E-state index is 0.0397. The molecule has 0 aromatic heterocycles. The van der Waals surface area contributed by atoms with Gasteiger partial charge in [0.15, 0.2) is 0 Å². The van der Waals surface area contributed by atoms with Gasteiger partial charge in [0, 0.05) is 11.0 Å². The zero-order valence-electron chi connectivity index (χ0n) is 12.6. The van der Waals surface area contributed by atoms with Crippen molar-refractivity contribution in [2.45, 2.75) is 19.8 Å². The molecule has 0 radical (unpaired) electrons. The Morgan fingerprint density at radius 3 is 2.68 bits per heavy atom. The van der Waals surface area contributed by atoms with Gasteiger partial charge in [0.25, 0.3) is 0 Å². The summed E-state index contributed by atoms with van der Waals surface area (Å²) in [6.45, 7) is 3.26. The molecule has 3 nitrogen and oxygen atoms in total. The maximum atomic E-state index is 11.8. The lowest BCUT2D eigenvalue weighted by molar-refractivity contribution is -0.120. The van der Waals surface area contributed by atoms with Crippen molar-refractivity contribution in [3.63, 3.8) is 0 Å². The number of aryl methyl sites for hydroxylation is 1. The molecule has 2 aromatic carbocycles. The molecule has 0 heterocycles. The minimum atomic E-state index is 0.0397. The van der Waals surface area contributed by atoms with Gasteiger partial charge in [0.1, 0.15) is 5.75 Å². The van der Waals surface area contributed by atoms with Gasteiger partial charge < -0.3 is 10.1 Å². The predicted molar refractivity (Wildman–Crippen MR) is 92.1 cm³/mol. The third-order valence-electron chi connectivity index (χ3n) is 3.18. The zero-order valence-corrected chi connectivity index (χ0v) is 14.2. The van der Waals surface area contributed by atoms with Crippen molar-refractivity contribution in [1.82, 2.24) is 5.32 Å². The van der Waals surface area contributed by atoms with Crippen molar-refractivity contribution >= 4 is 21.8 Å². The first-order valence-corrected chi connectivity index (χ1v) is 8.13. The fourth-order valence-electron chi connectivity index (χ4n) is 2.05. The largest absolute Gasteiger partial charge is 0.494 e. The maximum Gasteiger partial charge on any atom is 0.224 e. The van der Waals surface area contributed by atoms with E-state index in [1.807, 2.05) is 55.5 Å². The van der Waals surface area contributed by atoms with Crippen LogP contribution in [0.4, 0.5) is 0 Å². The summed E-state index contributed by atoms with van der Waals surface area (Å²) in [7, 11) is 0. The van der Waals surface area contributed by atoms with Crippen LogP contribution >= 0.6 is 15.9 Å². The molecule has 4 heteroatoms. The Labute approximate surface area is 139 Å². The summed E-state index contributed by atoms with van der Waals surface area (Å²) in [6.07, 6.45) is 1.20. The molecule has 22 heavy (non-hydrogen) atoms. The van der Waals surface area contributed by atoms with Gasteiger partial charge in [-0.2, -0.15) is 0 Å². The van der Waals surface area contributed by atoms with Crippen LogP contribution in [0, 0.1) is 6.92 Å². The summed E-state index contributed by atoms with van der Waals surface area (Å²) in [5, 5.41) is 2.91.